The van der Waals surface area contributed by atoms with Gasteiger partial charge < -0.3 is 10.5 Å². The lowest BCUT2D eigenvalue weighted by Crippen LogP contribution is -2.22. The average molecular weight is 240 g/mol. The number of aryl methyl sites for hydroxylation is 2. The van der Waals surface area contributed by atoms with Crippen LogP contribution < -0.4 is 10.5 Å². The number of methoxy groups -OCH3 is 1. The molecule has 0 radical (unpaired) electrons. The Balaban J connectivity index is 2.14. The average Bonchev–Trinajstić information content (AvgIpc) is 2.98. The molecule has 0 amide bonds. The van der Waals surface area contributed by atoms with Gasteiger partial charge in [0.2, 0.25) is 0 Å². The van der Waals surface area contributed by atoms with E-state index in [-0.39, 0.29) is 5.54 Å². The molecule has 0 atom stereocenters. The van der Waals surface area contributed by atoms with Gasteiger partial charge in [-0.2, -0.15) is 0 Å². The highest BCUT2D eigenvalue weighted by molar-refractivity contribution is 6.31. The lowest BCUT2D eigenvalue weighted by Gasteiger charge is -2.13. The Labute approximate surface area is 102 Å². The predicted molar refractivity (Wildman–Crippen MR) is 67.2 cm³/mol. The maximum absolute atomic E-state index is 6.12. The van der Waals surface area contributed by atoms with E-state index in [0.29, 0.717) is 0 Å². The third kappa shape index (κ3) is 2.50. The zero-order chi connectivity index (χ0) is 11.8. The number of nitrogens with two attached hydrogens (primary N) is 1. The van der Waals surface area contributed by atoms with Crippen LogP contribution in [0.5, 0.6) is 5.75 Å². The molecule has 1 aliphatic rings. The van der Waals surface area contributed by atoms with Gasteiger partial charge in [-0.15, -0.1) is 0 Å². The molecule has 0 unspecified atom stereocenters. The van der Waals surface area contributed by atoms with Crippen LogP contribution >= 0.6 is 11.6 Å². The van der Waals surface area contributed by atoms with Crippen molar-refractivity contribution in [3.63, 3.8) is 0 Å². The largest absolute Gasteiger partial charge is 0.496 e. The Kier molecular flexibility index (Phi) is 3.13. The predicted octanol–water partition coefficient (Wildman–Crippen LogP) is 3.08. The molecule has 3 heteroatoms. The van der Waals surface area contributed by atoms with Gasteiger partial charge in [0.05, 0.1) is 7.11 Å². The first-order valence-electron chi connectivity index (χ1n) is 5.66. The van der Waals surface area contributed by atoms with E-state index >= 15 is 0 Å². The summed E-state index contributed by atoms with van der Waals surface area (Å²) in [5.74, 6) is 0.922. The molecule has 1 aliphatic carbocycles. The Morgan fingerprint density at radius 3 is 2.69 bits per heavy atom. The summed E-state index contributed by atoms with van der Waals surface area (Å²) in [5, 5.41) is 0.803. The summed E-state index contributed by atoms with van der Waals surface area (Å²) in [6.07, 6.45) is 4.26. The van der Waals surface area contributed by atoms with E-state index in [1.54, 1.807) is 7.11 Å². The van der Waals surface area contributed by atoms with Gasteiger partial charge in [-0.1, -0.05) is 11.6 Å². The van der Waals surface area contributed by atoms with E-state index in [9.17, 15) is 0 Å². The molecule has 0 aliphatic heterocycles. The number of hydrogen-bond donors (Lipinski definition) is 1. The highest BCUT2D eigenvalue weighted by atomic mass is 35.5. The third-order valence-electron chi connectivity index (χ3n) is 3.35. The lowest BCUT2D eigenvalue weighted by atomic mass is 10.0. The van der Waals surface area contributed by atoms with Gasteiger partial charge in [0.25, 0.3) is 0 Å². The van der Waals surface area contributed by atoms with Gasteiger partial charge in [-0.25, -0.2) is 0 Å². The number of benzene rings is 1. The molecule has 88 valence electrons. The molecule has 2 rings (SSSR count). The molecule has 1 aromatic rings. The molecule has 0 spiro atoms. The summed E-state index contributed by atoms with van der Waals surface area (Å²) in [5.41, 5.74) is 8.38. The molecular formula is C13H18ClNO. The summed E-state index contributed by atoms with van der Waals surface area (Å²) in [6.45, 7) is 1.99. The van der Waals surface area contributed by atoms with Gasteiger partial charge in [0, 0.05) is 10.6 Å². The third-order valence-corrected chi connectivity index (χ3v) is 3.75. The van der Waals surface area contributed by atoms with Crippen molar-refractivity contribution >= 4 is 11.6 Å². The Bertz CT molecular complexity index is 399. The van der Waals surface area contributed by atoms with Gasteiger partial charge in [-0.05, 0) is 55.9 Å². The highest BCUT2D eigenvalue weighted by Crippen LogP contribution is 2.38. The number of hydrogen-bond acceptors (Lipinski definition) is 2. The molecule has 0 bridgehead atoms. The minimum Gasteiger partial charge on any atom is -0.496 e. The van der Waals surface area contributed by atoms with Crippen LogP contribution in [0.3, 0.4) is 0 Å². The maximum Gasteiger partial charge on any atom is 0.122 e. The molecule has 0 saturated heterocycles. The first-order chi connectivity index (χ1) is 7.54. The monoisotopic (exact) mass is 239 g/mol. The summed E-state index contributed by atoms with van der Waals surface area (Å²) < 4.78 is 5.37. The second-order valence-corrected chi connectivity index (χ2v) is 5.18. The zero-order valence-corrected chi connectivity index (χ0v) is 10.6. The summed E-state index contributed by atoms with van der Waals surface area (Å²) in [6, 6.07) is 4.00. The van der Waals surface area contributed by atoms with Crippen LogP contribution in [0.15, 0.2) is 12.1 Å². The molecule has 16 heavy (non-hydrogen) atoms. The molecule has 0 aromatic heterocycles. The van der Waals surface area contributed by atoms with Crippen molar-refractivity contribution in [1.82, 2.24) is 0 Å². The molecule has 1 fully saturated rings. The van der Waals surface area contributed by atoms with E-state index < -0.39 is 0 Å². The first kappa shape index (κ1) is 11.7. The minimum atomic E-state index is 0.0857. The minimum absolute atomic E-state index is 0.0857. The number of ether oxygens (including phenoxy) is 1. The van der Waals surface area contributed by atoms with Crippen molar-refractivity contribution in [3.8, 4) is 5.75 Å². The van der Waals surface area contributed by atoms with Crippen molar-refractivity contribution in [1.29, 1.82) is 0 Å². The quantitative estimate of drug-likeness (QED) is 0.877. The van der Waals surface area contributed by atoms with Crippen LogP contribution in [0, 0.1) is 6.92 Å². The standard InChI is InChI=1S/C13H18ClNO/c1-9-7-12(16-2)10(8-11(9)14)3-4-13(15)5-6-13/h7-8H,3-6,15H2,1-2H3. The van der Waals surface area contributed by atoms with Crippen molar-refractivity contribution in [2.45, 2.75) is 38.1 Å². The second kappa shape index (κ2) is 4.27. The first-order valence-corrected chi connectivity index (χ1v) is 6.04. The van der Waals surface area contributed by atoms with Crippen LogP contribution in [0.2, 0.25) is 5.02 Å². The molecule has 2 N–H and O–H groups in total. The van der Waals surface area contributed by atoms with E-state index in [4.69, 9.17) is 22.1 Å². The summed E-state index contributed by atoms with van der Waals surface area (Å²) in [7, 11) is 1.70. The van der Waals surface area contributed by atoms with Crippen LogP contribution in [0.1, 0.15) is 30.4 Å². The van der Waals surface area contributed by atoms with Crippen LogP contribution in [-0.4, -0.2) is 12.6 Å². The lowest BCUT2D eigenvalue weighted by molar-refractivity contribution is 0.407. The van der Waals surface area contributed by atoms with E-state index in [2.05, 4.69) is 0 Å². The maximum atomic E-state index is 6.12. The van der Waals surface area contributed by atoms with Crippen molar-refractivity contribution in [2.24, 2.45) is 5.73 Å². The summed E-state index contributed by atoms with van der Waals surface area (Å²) in [4.78, 5) is 0. The molecule has 1 aromatic carbocycles. The number of rotatable bonds is 4. The van der Waals surface area contributed by atoms with Crippen molar-refractivity contribution in [2.75, 3.05) is 7.11 Å². The highest BCUT2D eigenvalue weighted by Gasteiger charge is 2.37. The molecular weight excluding hydrogens is 222 g/mol. The fraction of sp³-hybridized carbons (Fsp3) is 0.538. The van der Waals surface area contributed by atoms with Crippen molar-refractivity contribution in [3.05, 3.63) is 28.3 Å². The fourth-order valence-corrected chi connectivity index (χ4v) is 2.06. The Morgan fingerprint density at radius 2 is 2.12 bits per heavy atom. The van der Waals surface area contributed by atoms with Crippen LogP contribution in [-0.2, 0) is 6.42 Å². The van der Waals surface area contributed by atoms with Gasteiger partial charge in [0.1, 0.15) is 5.75 Å². The molecule has 0 heterocycles. The Hall–Kier alpha value is -0.730. The second-order valence-electron chi connectivity index (χ2n) is 4.78. The SMILES string of the molecule is COc1cc(C)c(Cl)cc1CCC1(N)CC1. The summed E-state index contributed by atoms with van der Waals surface area (Å²) >= 11 is 6.12. The van der Waals surface area contributed by atoms with E-state index in [0.717, 1.165) is 47.6 Å². The van der Waals surface area contributed by atoms with Crippen LogP contribution in [0.25, 0.3) is 0 Å². The zero-order valence-electron chi connectivity index (χ0n) is 9.85. The van der Waals surface area contributed by atoms with Gasteiger partial charge >= 0.3 is 0 Å². The van der Waals surface area contributed by atoms with Crippen LogP contribution in [0.4, 0.5) is 0 Å². The fourth-order valence-electron chi connectivity index (χ4n) is 1.88. The molecule has 1 saturated carbocycles. The Morgan fingerprint density at radius 1 is 1.44 bits per heavy atom. The number of halogens is 1. The smallest absolute Gasteiger partial charge is 0.122 e. The topological polar surface area (TPSA) is 35.2 Å². The van der Waals surface area contributed by atoms with E-state index in [1.807, 2.05) is 19.1 Å². The van der Waals surface area contributed by atoms with Gasteiger partial charge in [0.15, 0.2) is 0 Å². The normalized spacial score (nSPS) is 17.2. The van der Waals surface area contributed by atoms with Gasteiger partial charge in [-0.3, -0.25) is 0 Å². The van der Waals surface area contributed by atoms with Crippen molar-refractivity contribution < 1.29 is 4.74 Å². The van der Waals surface area contributed by atoms with E-state index in [1.165, 1.54) is 0 Å². The molecule has 2 nitrogen and oxygen atoms in total.